The highest BCUT2D eigenvalue weighted by atomic mass is 16.3. The summed E-state index contributed by atoms with van der Waals surface area (Å²) in [4.78, 5) is 10.9. The van der Waals surface area contributed by atoms with E-state index in [1.165, 1.54) is 0 Å². The van der Waals surface area contributed by atoms with Crippen molar-refractivity contribution < 1.29 is 9.90 Å². The number of carbonyl (C=O) groups excluding carboxylic acids is 1. The number of aliphatic hydroxyl groups excluding tert-OH is 1. The standard InChI is InChI=1S/C12H17NO2/c1-8-4-10(7-14)11(5-9(8)2)12(15)6-13-3/h4-5,7,12-13,15H,6H2,1-3H3. The lowest BCUT2D eigenvalue weighted by Crippen LogP contribution is -2.18. The summed E-state index contributed by atoms with van der Waals surface area (Å²) >= 11 is 0. The van der Waals surface area contributed by atoms with E-state index in [1.807, 2.05) is 26.0 Å². The normalized spacial score (nSPS) is 12.5. The Balaban J connectivity index is 3.15. The average molecular weight is 207 g/mol. The van der Waals surface area contributed by atoms with Crippen LogP contribution in [0.15, 0.2) is 12.1 Å². The molecule has 1 aromatic rings. The lowest BCUT2D eigenvalue weighted by Gasteiger charge is -2.14. The lowest BCUT2D eigenvalue weighted by atomic mass is 9.97. The predicted molar refractivity (Wildman–Crippen MR) is 60.2 cm³/mol. The summed E-state index contributed by atoms with van der Waals surface area (Å²) in [6.07, 6.45) is 0.162. The van der Waals surface area contributed by atoms with E-state index < -0.39 is 6.10 Å². The fourth-order valence-electron chi connectivity index (χ4n) is 1.55. The van der Waals surface area contributed by atoms with Crippen LogP contribution in [0.2, 0.25) is 0 Å². The van der Waals surface area contributed by atoms with E-state index in [0.717, 1.165) is 17.4 Å². The number of hydrogen-bond donors (Lipinski definition) is 2. The molecule has 15 heavy (non-hydrogen) atoms. The molecule has 1 unspecified atom stereocenters. The third-order valence-electron chi connectivity index (χ3n) is 2.58. The van der Waals surface area contributed by atoms with Gasteiger partial charge in [-0.25, -0.2) is 0 Å². The zero-order chi connectivity index (χ0) is 11.4. The first kappa shape index (κ1) is 11.9. The van der Waals surface area contributed by atoms with E-state index in [0.29, 0.717) is 17.7 Å². The van der Waals surface area contributed by atoms with Gasteiger partial charge in [0, 0.05) is 12.1 Å². The van der Waals surface area contributed by atoms with Gasteiger partial charge >= 0.3 is 0 Å². The summed E-state index contributed by atoms with van der Waals surface area (Å²) in [5.74, 6) is 0. The Hall–Kier alpha value is -1.19. The number of aldehydes is 1. The van der Waals surface area contributed by atoms with Crippen molar-refractivity contribution in [3.05, 3.63) is 34.4 Å². The van der Waals surface area contributed by atoms with Gasteiger partial charge in [-0.2, -0.15) is 0 Å². The van der Waals surface area contributed by atoms with Crippen LogP contribution in [0.4, 0.5) is 0 Å². The summed E-state index contributed by atoms with van der Waals surface area (Å²) in [5, 5.41) is 12.7. The van der Waals surface area contributed by atoms with E-state index in [9.17, 15) is 9.90 Å². The minimum absolute atomic E-state index is 0.448. The van der Waals surface area contributed by atoms with Gasteiger partial charge in [0.15, 0.2) is 0 Å². The van der Waals surface area contributed by atoms with Gasteiger partial charge in [0.1, 0.15) is 6.29 Å². The fraction of sp³-hybridized carbons (Fsp3) is 0.417. The molecule has 0 aromatic heterocycles. The van der Waals surface area contributed by atoms with Crippen molar-refractivity contribution in [2.24, 2.45) is 0 Å². The molecule has 1 atom stereocenters. The van der Waals surface area contributed by atoms with Crippen LogP contribution in [0, 0.1) is 13.8 Å². The fourth-order valence-corrected chi connectivity index (χ4v) is 1.55. The Morgan fingerprint density at radius 1 is 1.40 bits per heavy atom. The molecule has 0 aliphatic heterocycles. The monoisotopic (exact) mass is 207 g/mol. The molecule has 0 spiro atoms. The van der Waals surface area contributed by atoms with Crippen LogP contribution in [-0.4, -0.2) is 25.0 Å². The molecule has 0 saturated carbocycles. The van der Waals surface area contributed by atoms with Crippen LogP contribution >= 0.6 is 0 Å². The highest BCUT2D eigenvalue weighted by Crippen LogP contribution is 2.20. The van der Waals surface area contributed by atoms with Crippen LogP contribution in [0.5, 0.6) is 0 Å². The van der Waals surface area contributed by atoms with E-state index in [-0.39, 0.29) is 0 Å². The second kappa shape index (κ2) is 5.05. The molecule has 3 nitrogen and oxygen atoms in total. The van der Waals surface area contributed by atoms with Gasteiger partial charge in [-0.05, 0) is 43.7 Å². The van der Waals surface area contributed by atoms with Crippen molar-refractivity contribution in [1.82, 2.24) is 5.32 Å². The van der Waals surface area contributed by atoms with Crippen LogP contribution < -0.4 is 5.32 Å². The van der Waals surface area contributed by atoms with E-state index in [4.69, 9.17) is 0 Å². The van der Waals surface area contributed by atoms with Gasteiger partial charge in [0.05, 0.1) is 6.10 Å². The van der Waals surface area contributed by atoms with E-state index in [2.05, 4.69) is 5.32 Å². The van der Waals surface area contributed by atoms with Crippen LogP contribution in [0.3, 0.4) is 0 Å². The minimum atomic E-state index is -0.630. The average Bonchev–Trinajstić information content (AvgIpc) is 2.21. The molecule has 2 N–H and O–H groups in total. The van der Waals surface area contributed by atoms with Gasteiger partial charge < -0.3 is 10.4 Å². The van der Waals surface area contributed by atoms with Crippen LogP contribution in [0.1, 0.15) is 33.2 Å². The number of rotatable bonds is 4. The number of nitrogens with one attached hydrogen (secondary N) is 1. The van der Waals surface area contributed by atoms with Gasteiger partial charge in [-0.3, -0.25) is 4.79 Å². The minimum Gasteiger partial charge on any atom is -0.387 e. The first-order valence-electron chi connectivity index (χ1n) is 4.99. The predicted octanol–water partition coefficient (Wildman–Crippen LogP) is 1.37. The quantitative estimate of drug-likeness (QED) is 0.733. The number of likely N-dealkylation sites (N-methyl/N-ethyl adjacent to an activating group) is 1. The summed E-state index contributed by atoms with van der Waals surface area (Å²) in [7, 11) is 1.77. The van der Waals surface area contributed by atoms with Gasteiger partial charge in [0.25, 0.3) is 0 Å². The molecule has 0 saturated heterocycles. The molecule has 0 aliphatic rings. The van der Waals surface area contributed by atoms with Crippen molar-refractivity contribution in [3.8, 4) is 0 Å². The molecule has 3 heteroatoms. The molecule has 0 fully saturated rings. The topological polar surface area (TPSA) is 49.3 Å². The SMILES string of the molecule is CNCC(O)c1cc(C)c(C)cc1C=O. The zero-order valence-corrected chi connectivity index (χ0v) is 9.37. The second-order valence-corrected chi connectivity index (χ2v) is 3.76. The molecule has 0 amide bonds. The number of aliphatic hydroxyl groups is 1. The number of carbonyl (C=O) groups is 1. The maximum Gasteiger partial charge on any atom is 0.150 e. The van der Waals surface area contributed by atoms with E-state index in [1.54, 1.807) is 7.05 Å². The first-order chi connectivity index (χ1) is 7.10. The van der Waals surface area contributed by atoms with Crippen LogP contribution in [-0.2, 0) is 0 Å². The van der Waals surface area contributed by atoms with Crippen molar-refractivity contribution in [3.63, 3.8) is 0 Å². The Morgan fingerprint density at radius 3 is 2.53 bits per heavy atom. The van der Waals surface area contributed by atoms with Gasteiger partial charge in [0.2, 0.25) is 0 Å². The maximum absolute atomic E-state index is 10.9. The second-order valence-electron chi connectivity index (χ2n) is 3.76. The molecule has 0 bridgehead atoms. The summed E-state index contributed by atoms with van der Waals surface area (Å²) in [6.45, 7) is 4.37. The number of aryl methyl sites for hydroxylation is 2. The Labute approximate surface area is 90.1 Å². The van der Waals surface area contributed by atoms with Crippen molar-refractivity contribution in [1.29, 1.82) is 0 Å². The molecule has 1 rings (SSSR count). The van der Waals surface area contributed by atoms with Gasteiger partial charge in [-0.15, -0.1) is 0 Å². The molecule has 82 valence electrons. The summed E-state index contributed by atoms with van der Waals surface area (Å²) in [5.41, 5.74) is 3.42. The number of hydrogen-bond acceptors (Lipinski definition) is 3. The third-order valence-corrected chi connectivity index (χ3v) is 2.58. The van der Waals surface area contributed by atoms with Crippen molar-refractivity contribution in [2.45, 2.75) is 20.0 Å². The van der Waals surface area contributed by atoms with Crippen molar-refractivity contribution in [2.75, 3.05) is 13.6 Å². The summed E-state index contributed by atoms with van der Waals surface area (Å²) in [6, 6.07) is 3.69. The maximum atomic E-state index is 10.9. The molecular weight excluding hydrogens is 190 g/mol. The zero-order valence-electron chi connectivity index (χ0n) is 9.37. The Kier molecular flexibility index (Phi) is 4.00. The molecular formula is C12H17NO2. The highest BCUT2D eigenvalue weighted by molar-refractivity contribution is 5.78. The number of benzene rings is 1. The van der Waals surface area contributed by atoms with Gasteiger partial charge in [-0.1, -0.05) is 6.07 Å². The molecule has 0 aliphatic carbocycles. The highest BCUT2D eigenvalue weighted by Gasteiger charge is 2.12. The lowest BCUT2D eigenvalue weighted by molar-refractivity contribution is 0.111. The smallest absolute Gasteiger partial charge is 0.150 e. The van der Waals surface area contributed by atoms with Crippen molar-refractivity contribution >= 4 is 6.29 Å². The summed E-state index contributed by atoms with van der Waals surface area (Å²) < 4.78 is 0. The molecule has 0 radical (unpaired) electrons. The van der Waals surface area contributed by atoms with Crippen LogP contribution in [0.25, 0.3) is 0 Å². The Bertz CT molecular complexity index is 361. The Morgan fingerprint density at radius 2 is 2.00 bits per heavy atom. The first-order valence-corrected chi connectivity index (χ1v) is 4.99. The third kappa shape index (κ3) is 2.64. The van der Waals surface area contributed by atoms with E-state index >= 15 is 0 Å². The molecule has 1 aromatic carbocycles. The molecule has 0 heterocycles. The largest absolute Gasteiger partial charge is 0.387 e.